The molecule has 0 aliphatic heterocycles. The van der Waals surface area contributed by atoms with Gasteiger partial charge in [-0.05, 0) is 56.2 Å². The monoisotopic (exact) mass is 413 g/mol. The van der Waals surface area contributed by atoms with Crippen LogP contribution >= 0.6 is 11.8 Å². The number of benzene rings is 2. The van der Waals surface area contributed by atoms with Crippen LogP contribution in [-0.2, 0) is 15.3 Å². The molecule has 0 spiro atoms. The molecule has 2 aromatic rings. The minimum atomic E-state index is -0.208. The van der Waals surface area contributed by atoms with Gasteiger partial charge in [-0.25, -0.2) is 5.43 Å². The number of amides is 2. The Labute approximate surface area is 176 Å². The molecular weight excluding hydrogens is 386 g/mol. The zero-order valence-corrected chi connectivity index (χ0v) is 17.7. The lowest BCUT2D eigenvalue weighted by Crippen LogP contribution is -2.34. The van der Waals surface area contributed by atoms with Crippen molar-refractivity contribution in [2.75, 3.05) is 6.61 Å². The van der Waals surface area contributed by atoms with E-state index in [9.17, 15) is 9.59 Å². The van der Waals surface area contributed by atoms with Gasteiger partial charge in [-0.2, -0.15) is 5.10 Å². The Morgan fingerprint density at radius 1 is 1.07 bits per heavy atom. The molecular formula is C22H27N3O3S. The van der Waals surface area contributed by atoms with Crippen molar-refractivity contribution in [1.29, 1.82) is 0 Å². The van der Waals surface area contributed by atoms with E-state index in [1.807, 2.05) is 51.1 Å². The van der Waals surface area contributed by atoms with E-state index in [1.165, 1.54) is 5.56 Å². The molecule has 6 nitrogen and oxygen atoms in total. The molecule has 2 aromatic carbocycles. The number of hydrogen-bond donors (Lipinski definition) is 2. The van der Waals surface area contributed by atoms with Gasteiger partial charge in [-0.3, -0.25) is 9.59 Å². The maximum absolute atomic E-state index is 12.1. The first-order valence-corrected chi connectivity index (χ1v) is 10.5. The van der Waals surface area contributed by atoms with E-state index in [4.69, 9.17) is 4.74 Å². The highest BCUT2D eigenvalue weighted by molar-refractivity contribution is 7.99. The van der Waals surface area contributed by atoms with Crippen LogP contribution in [0.5, 0.6) is 5.75 Å². The SMILES string of the molecule is CC(C)NC(=O)COc1ccc(/C=N/NC(=O)C(C)SCc2ccccc2)cc1. The van der Waals surface area contributed by atoms with Gasteiger partial charge in [-0.1, -0.05) is 30.3 Å². The van der Waals surface area contributed by atoms with Crippen LogP contribution < -0.4 is 15.5 Å². The first-order chi connectivity index (χ1) is 13.9. The minimum absolute atomic E-state index is 0.0276. The van der Waals surface area contributed by atoms with E-state index >= 15 is 0 Å². The second-order valence-electron chi connectivity index (χ2n) is 6.75. The topological polar surface area (TPSA) is 79.8 Å². The Hall–Kier alpha value is -2.80. The maximum atomic E-state index is 12.1. The van der Waals surface area contributed by atoms with Gasteiger partial charge in [0.1, 0.15) is 5.75 Å². The molecule has 154 valence electrons. The summed E-state index contributed by atoms with van der Waals surface area (Å²) >= 11 is 1.56. The standard InChI is InChI=1S/C22H27N3O3S/c1-16(2)24-21(26)14-28-20-11-9-18(10-12-20)13-23-25-22(27)17(3)29-15-19-7-5-4-6-8-19/h4-13,16-17H,14-15H2,1-3H3,(H,24,26)(H,25,27)/b23-13+. The van der Waals surface area contributed by atoms with Crippen molar-refractivity contribution in [3.8, 4) is 5.75 Å². The molecule has 1 atom stereocenters. The van der Waals surface area contributed by atoms with Gasteiger partial charge >= 0.3 is 0 Å². The van der Waals surface area contributed by atoms with E-state index in [2.05, 4.69) is 15.8 Å². The van der Waals surface area contributed by atoms with Gasteiger partial charge in [0.05, 0.1) is 11.5 Å². The van der Waals surface area contributed by atoms with Crippen LogP contribution in [0.25, 0.3) is 0 Å². The number of nitrogens with zero attached hydrogens (tertiary/aromatic N) is 1. The molecule has 0 aromatic heterocycles. The molecule has 2 rings (SSSR count). The van der Waals surface area contributed by atoms with Crippen molar-refractivity contribution in [3.05, 3.63) is 65.7 Å². The fourth-order valence-corrected chi connectivity index (χ4v) is 3.13. The van der Waals surface area contributed by atoms with Crippen LogP contribution in [0.3, 0.4) is 0 Å². The van der Waals surface area contributed by atoms with Crippen molar-refractivity contribution in [2.45, 2.75) is 37.8 Å². The van der Waals surface area contributed by atoms with Gasteiger partial charge < -0.3 is 10.1 Å². The summed E-state index contributed by atoms with van der Waals surface area (Å²) in [7, 11) is 0. The van der Waals surface area contributed by atoms with Gasteiger partial charge in [0.25, 0.3) is 11.8 Å². The van der Waals surface area contributed by atoms with Crippen molar-refractivity contribution < 1.29 is 14.3 Å². The van der Waals surface area contributed by atoms with E-state index in [0.717, 1.165) is 11.3 Å². The second-order valence-corrected chi connectivity index (χ2v) is 8.08. The third-order valence-corrected chi connectivity index (χ3v) is 5.01. The average molecular weight is 414 g/mol. The smallest absolute Gasteiger partial charge is 0.258 e. The highest BCUT2D eigenvalue weighted by Crippen LogP contribution is 2.17. The Balaban J connectivity index is 1.73. The lowest BCUT2D eigenvalue weighted by Gasteiger charge is -2.10. The first kappa shape index (κ1) is 22.5. The van der Waals surface area contributed by atoms with Crippen LogP contribution in [0.15, 0.2) is 59.7 Å². The van der Waals surface area contributed by atoms with Crippen LogP contribution in [0.2, 0.25) is 0 Å². The summed E-state index contributed by atoms with van der Waals surface area (Å²) in [6.45, 7) is 5.63. The molecule has 0 saturated carbocycles. The predicted molar refractivity (Wildman–Crippen MR) is 118 cm³/mol. The third kappa shape index (κ3) is 8.83. The fraction of sp³-hybridized carbons (Fsp3) is 0.318. The van der Waals surface area contributed by atoms with Crippen molar-refractivity contribution in [3.63, 3.8) is 0 Å². The average Bonchev–Trinajstić information content (AvgIpc) is 2.71. The number of carbonyl (C=O) groups is 2. The number of hydrazone groups is 1. The zero-order chi connectivity index (χ0) is 21.1. The normalized spacial score (nSPS) is 12.0. The molecule has 0 saturated heterocycles. The number of nitrogens with one attached hydrogen (secondary N) is 2. The molecule has 1 unspecified atom stereocenters. The first-order valence-electron chi connectivity index (χ1n) is 9.44. The summed E-state index contributed by atoms with van der Waals surface area (Å²) in [6, 6.07) is 17.2. The summed E-state index contributed by atoms with van der Waals surface area (Å²) in [4.78, 5) is 23.7. The Bertz CT molecular complexity index is 808. The quantitative estimate of drug-likeness (QED) is 0.462. The predicted octanol–water partition coefficient (Wildman–Crippen LogP) is 3.36. The van der Waals surface area contributed by atoms with Crippen LogP contribution in [0.4, 0.5) is 0 Å². The van der Waals surface area contributed by atoms with Gasteiger partial charge in [0, 0.05) is 11.8 Å². The molecule has 0 bridgehead atoms. The van der Waals surface area contributed by atoms with Gasteiger partial charge in [0.2, 0.25) is 0 Å². The summed E-state index contributed by atoms with van der Waals surface area (Å²) < 4.78 is 5.43. The molecule has 7 heteroatoms. The van der Waals surface area contributed by atoms with E-state index in [0.29, 0.717) is 5.75 Å². The highest BCUT2D eigenvalue weighted by Gasteiger charge is 2.12. The summed E-state index contributed by atoms with van der Waals surface area (Å²) in [5.41, 5.74) is 4.56. The molecule has 0 fully saturated rings. The Morgan fingerprint density at radius 3 is 2.41 bits per heavy atom. The zero-order valence-electron chi connectivity index (χ0n) is 16.9. The van der Waals surface area contributed by atoms with E-state index in [1.54, 1.807) is 42.2 Å². The molecule has 29 heavy (non-hydrogen) atoms. The molecule has 0 heterocycles. The van der Waals surface area contributed by atoms with Crippen molar-refractivity contribution in [2.24, 2.45) is 5.10 Å². The number of rotatable bonds is 10. The highest BCUT2D eigenvalue weighted by atomic mass is 32.2. The Morgan fingerprint density at radius 2 is 1.76 bits per heavy atom. The fourth-order valence-electron chi connectivity index (χ4n) is 2.30. The molecule has 0 radical (unpaired) electrons. The molecule has 0 aliphatic carbocycles. The van der Waals surface area contributed by atoms with Crippen LogP contribution in [0.1, 0.15) is 31.9 Å². The minimum Gasteiger partial charge on any atom is -0.484 e. The van der Waals surface area contributed by atoms with E-state index in [-0.39, 0.29) is 29.7 Å². The maximum Gasteiger partial charge on any atom is 0.258 e. The lowest BCUT2D eigenvalue weighted by atomic mass is 10.2. The molecule has 0 aliphatic rings. The van der Waals surface area contributed by atoms with Crippen LogP contribution in [-0.4, -0.2) is 35.9 Å². The van der Waals surface area contributed by atoms with Gasteiger partial charge in [-0.15, -0.1) is 11.8 Å². The number of thioether (sulfide) groups is 1. The number of ether oxygens (including phenoxy) is 1. The van der Waals surface area contributed by atoms with Gasteiger partial charge in [0.15, 0.2) is 6.61 Å². The summed E-state index contributed by atoms with van der Waals surface area (Å²) in [5.74, 6) is 1.07. The summed E-state index contributed by atoms with van der Waals surface area (Å²) in [6.07, 6.45) is 1.57. The second kappa shape index (κ2) is 11.9. The number of hydrogen-bond acceptors (Lipinski definition) is 5. The van der Waals surface area contributed by atoms with Crippen molar-refractivity contribution in [1.82, 2.24) is 10.7 Å². The molecule has 2 amide bonds. The largest absolute Gasteiger partial charge is 0.484 e. The van der Waals surface area contributed by atoms with Crippen molar-refractivity contribution >= 4 is 29.8 Å². The number of carbonyl (C=O) groups excluding carboxylic acids is 2. The Kier molecular flexibility index (Phi) is 9.24. The lowest BCUT2D eigenvalue weighted by molar-refractivity contribution is -0.123. The van der Waals surface area contributed by atoms with Crippen LogP contribution in [0, 0.1) is 0 Å². The van der Waals surface area contributed by atoms with E-state index < -0.39 is 0 Å². The third-order valence-electron chi connectivity index (χ3n) is 3.80. The molecule has 2 N–H and O–H groups in total. The summed E-state index contributed by atoms with van der Waals surface area (Å²) in [5, 5.41) is 6.57.